The van der Waals surface area contributed by atoms with Crippen molar-refractivity contribution in [1.29, 1.82) is 0 Å². The number of nitrogens with one attached hydrogen (secondary N) is 1. The van der Waals surface area contributed by atoms with Crippen molar-refractivity contribution in [3.63, 3.8) is 0 Å². The third-order valence-electron chi connectivity index (χ3n) is 1.48. The Morgan fingerprint density at radius 3 is 3.31 bits per heavy atom. The van der Waals surface area contributed by atoms with Crippen LogP contribution < -0.4 is 5.43 Å². The van der Waals surface area contributed by atoms with Gasteiger partial charge in [0.25, 0.3) is 0 Å². The monoisotopic (exact) mass is 192 g/mol. The van der Waals surface area contributed by atoms with Crippen molar-refractivity contribution in [3.05, 3.63) is 18.5 Å². The van der Waals surface area contributed by atoms with Gasteiger partial charge in [-0.25, -0.2) is 4.98 Å². The molecule has 0 saturated heterocycles. The maximum Gasteiger partial charge on any atom is 0.204 e. The molecule has 2 aromatic heterocycles. The van der Waals surface area contributed by atoms with E-state index in [0.29, 0.717) is 0 Å². The SMILES string of the molecule is CC=NNc1nc2cnccc2s1. The predicted octanol–water partition coefficient (Wildman–Crippen LogP) is 2.11. The zero-order valence-electron chi connectivity index (χ0n) is 7.06. The maximum atomic E-state index is 4.28. The predicted molar refractivity (Wildman–Crippen MR) is 55.2 cm³/mol. The van der Waals surface area contributed by atoms with E-state index in [9.17, 15) is 0 Å². The van der Waals surface area contributed by atoms with E-state index in [1.165, 1.54) is 0 Å². The minimum Gasteiger partial charge on any atom is -0.262 e. The number of rotatable bonds is 2. The molecule has 1 N–H and O–H groups in total. The molecular weight excluding hydrogens is 184 g/mol. The number of pyridine rings is 1. The minimum atomic E-state index is 0.793. The van der Waals surface area contributed by atoms with Gasteiger partial charge < -0.3 is 0 Å². The summed E-state index contributed by atoms with van der Waals surface area (Å²) < 4.78 is 1.11. The first kappa shape index (κ1) is 8.12. The van der Waals surface area contributed by atoms with E-state index in [1.807, 2.05) is 13.0 Å². The van der Waals surface area contributed by atoms with Crippen LogP contribution in [-0.4, -0.2) is 16.2 Å². The van der Waals surface area contributed by atoms with Gasteiger partial charge in [-0.2, -0.15) is 5.10 Å². The largest absolute Gasteiger partial charge is 0.262 e. The molecule has 0 aromatic carbocycles. The lowest BCUT2D eigenvalue weighted by Gasteiger charge is -1.88. The van der Waals surface area contributed by atoms with Crippen LogP contribution in [0, 0.1) is 0 Å². The summed E-state index contributed by atoms with van der Waals surface area (Å²) in [5.41, 5.74) is 3.74. The Kier molecular flexibility index (Phi) is 2.18. The van der Waals surface area contributed by atoms with Crippen LogP contribution in [0.3, 0.4) is 0 Å². The third kappa shape index (κ3) is 1.65. The van der Waals surface area contributed by atoms with E-state index in [0.717, 1.165) is 15.3 Å². The number of hydrazone groups is 1. The van der Waals surface area contributed by atoms with Crippen LogP contribution in [0.4, 0.5) is 5.13 Å². The number of nitrogens with zero attached hydrogens (tertiary/aromatic N) is 3. The van der Waals surface area contributed by atoms with Crippen LogP contribution in [0.2, 0.25) is 0 Å². The molecule has 0 fully saturated rings. The van der Waals surface area contributed by atoms with Gasteiger partial charge in [-0.3, -0.25) is 10.4 Å². The summed E-state index contributed by atoms with van der Waals surface area (Å²) in [5.74, 6) is 0. The van der Waals surface area contributed by atoms with E-state index in [-0.39, 0.29) is 0 Å². The van der Waals surface area contributed by atoms with Crippen LogP contribution in [0.1, 0.15) is 6.92 Å². The molecule has 0 atom stereocenters. The van der Waals surface area contributed by atoms with Gasteiger partial charge >= 0.3 is 0 Å². The molecule has 0 unspecified atom stereocenters. The normalized spacial score (nSPS) is 11.2. The van der Waals surface area contributed by atoms with E-state index >= 15 is 0 Å². The molecule has 2 rings (SSSR count). The van der Waals surface area contributed by atoms with Crippen molar-refractivity contribution in [2.45, 2.75) is 6.92 Å². The first-order valence-corrected chi connectivity index (χ1v) is 4.66. The van der Waals surface area contributed by atoms with Crippen LogP contribution >= 0.6 is 11.3 Å². The second kappa shape index (κ2) is 3.49. The molecule has 0 amide bonds. The molecule has 0 aliphatic carbocycles. The topological polar surface area (TPSA) is 50.2 Å². The highest BCUT2D eigenvalue weighted by atomic mass is 32.1. The molecule has 13 heavy (non-hydrogen) atoms. The van der Waals surface area contributed by atoms with E-state index in [2.05, 4.69) is 20.5 Å². The Morgan fingerprint density at radius 1 is 1.62 bits per heavy atom. The summed E-state index contributed by atoms with van der Waals surface area (Å²) in [5, 5.41) is 4.68. The number of thiazole rings is 1. The number of anilines is 1. The highest BCUT2D eigenvalue weighted by Crippen LogP contribution is 2.24. The van der Waals surface area contributed by atoms with Gasteiger partial charge in [0.1, 0.15) is 5.52 Å². The average molecular weight is 192 g/mol. The Labute approximate surface area is 79.3 Å². The highest BCUT2D eigenvalue weighted by Gasteiger charge is 2.00. The summed E-state index contributed by atoms with van der Waals surface area (Å²) in [6.45, 7) is 1.85. The molecular formula is C8H8N4S. The quantitative estimate of drug-likeness (QED) is 0.585. The summed E-state index contributed by atoms with van der Waals surface area (Å²) in [6, 6.07) is 1.94. The van der Waals surface area contributed by atoms with Crippen molar-refractivity contribution in [3.8, 4) is 0 Å². The molecule has 0 spiro atoms. The number of fused-ring (bicyclic) bond motifs is 1. The smallest absolute Gasteiger partial charge is 0.204 e. The van der Waals surface area contributed by atoms with Crippen LogP contribution in [0.5, 0.6) is 0 Å². The maximum absolute atomic E-state index is 4.28. The minimum absolute atomic E-state index is 0.793. The number of aromatic nitrogens is 2. The van der Waals surface area contributed by atoms with Gasteiger partial charge in [-0.05, 0) is 13.0 Å². The summed E-state index contributed by atoms with van der Waals surface area (Å²) in [6.07, 6.45) is 5.18. The molecule has 0 bridgehead atoms. The lowest BCUT2D eigenvalue weighted by Crippen LogP contribution is -1.85. The highest BCUT2D eigenvalue weighted by molar-refractivity contribution is 7.22. The van der Waals surface area contributed by atoms with Gasteiger partial charge in [0, 0.05) is 12.4 Å². The fourth-order valence-corrected chi connectivity index (χ4v) is 1.73. The molecule has 0 aliphatic heterocycles. The van der Waals surface area contributed by atoms with E-state index in [1.54, 1.807) is 29.9 Å². The molecule has 0 aliphatic rings. The molecule has 66 valence electrons. The summed E-state index contributed by atoms with van der Waals surface area (Å²) in [7, 11) is 0. The standard InChI is InChI=1S/C8H8N4S/c1-2-10-12-8-11-6-5-9-4-3-7(6)13-8/h2-5H,1H3,(H,11,12). The van der Waals surface area contributed by atoms with Crippen molar-refractivity contribution in [2.75, 3.05) is 5.43 Å². The number of hydrogen-bond donors (Lipinski definition) is 1. The fourth-order valence-electron chi connectivity index (χ4n) is 0.948. The molecule has 5 heteroatoms. The van der Waals surface area contributed by atoms with Gasteiger partial charge in [0.2, 0.25) is 5.13 Å². The van der Waals surface area contributed by atoms with Gasteiger partial charge in [-0.15, -0.1) is 0 Å². The van der Waals surface area contributed by atoms with Crippen molar-refractivity contribution < 1.29 is 0 Å². The van der Waals surface area contributed by atoms with Crippen LogP contribution in [0.25, 0.3) is 10.2 Å². The first-order valence-electron chi connectivity index (χ1n) is 3.84. The Morgan fingerprint density at radius 2 is 2.54 bits per heavy atom. The Bertz CT molecular complexity index is 401. The number of hydrogen-bond acceptors (Lipinski definition) is 5. The van der Waals surface area contributed by atoms with E-state index < -0.39 is 0 Å². The Balaban J connectivity index is 2.38. The van der Waals surface area contributed by atoms with Crippen LogP contribution in [0.15, 0.2) is 23.6 Å². The first-order chi connectivity index (χ1) is 6.40. The van der Waals surface area contributed by atoms with Gasteiger partial charge in [0.05, 0.1) is 10.9 Å². The second-order valence-electron chi connectivity index (χ2n) is 2.36. The molecule has 2 heterocycles. The molecule has 2 aromatic rings. The summed E-state index contributed by atoms with van der Waals surface area (Å²) in [4.78, 5) is 8.27. The zero-order chi connectivity index (χ0) is 9.10. The van der Waals surface area contributed by atoms with Crippen LogP contribution in [-0.2, 0) is 0 Å². The van der Waals surface area contributed by atoms with Crippen molar-refractivity contribution in [2.24, 2.45) is 5.10 Å². The lowest BCUT2D eigenvalue weighted by molar-refractivity contribution is 1.29. The molecule has 0 saturated carbocycles. The fraction of sp³-hybridized carbons (Fsp3) is 0.125. The second-order valence-corrected chi connectivity index (χ2v) is 3.39. The van der Waals surface area contributed by atoms with Crippen molar-refractivity contribution >= 4 is 32.9 Å². The summed E-state index contributed by atoms with van der Waals surface area (Å²) >= 11 is 1.56. The van der Waals surface area contributed by atoms with Crippen molar-refractivity contribution in [1.82, 2.24) is 9.97 Å². The Hall–Kier alpha value is -1.49. The van der Waals surface area contributed by atoms with Gasteiger partial charge in [-0.1, -0.05) is 11.3 Å². The molecule has 0 radical (unpaired) electrons. The molecule has 4 nitrogen and oxygen atoms in total. The lowest BCUT2D eigenvalue weighted by atomic mass is 10.5. The third-order valence-corrected chi connectivity index (χ3v) is 2.42. The van der Waals surface area contributed by atoms with Gasteiger partial charge in [0.15, 0.2) is 0 Å². The van der Waals surface area contributed by atoms with E-state index in [4.69, 9.17) is 0 Å². The zero-order valence-corrected chi connectivity index (χ0v) is 7.88. The average Bonchev–Trinajstić information content (AvgIpc) is 2.57.